The Bertz CT molecular complexity index is 285. The topological polar surface area (TPSA) is 15.3 Å². The first-order chi connectivity index (χ1) is 6.75. The zero-order valence-corrected chi connectivity index (χ0v) is 9.47. The Balaban J connectivity index is 2.53. The van der Waals surface area contributed by atoms with Gasteiger partial charge in [-0.15, -0.1) is 17.8 Å². The molecule has 0 aliphatic rings. The highest BCUT2D eigenvalue weighted by molar-refractivity contribution is 7.10. The van der Waals surface area contributed by atoms with Gasteiger partial charge < -0.3 is 10.2 Å². The molecule has 0 radical (unpaired) electrons. The van der Waals surface area contributed by atoms with Crippen molar-refractivity contribution in [3.63, 3.8) is 0 Å². The van der Waals surface area contributed by atoms with Crippen LogP contribution in [0.15, 0.2) is 17.5 Å². The van der Waals surface area contributed by atoms with Gasteiger partial charge >= 0.3 is 0 Å². The summed E-state index contributed by atoms with van der Waals surface area (Å²) in [6.45, 7) is 1.54. The largest absolute Gasteiger partial charge is 0.304 e. The van der Waals surface area contributed by atoms with E-state index in [4.69, 9.17) is 6.42 Å². The summed E-state index contributed by atoms with van der Waals surface area (Å²) in [6, 6.07) is 4.66. The second-order valence-corrected chi connectivity index (χ2v) is 4.31. The van der Waals surface area contributed by atoms with Crippen LogP contribution in [0.3, 0.4) is 0 Å². The zero-order chi connectivity index (χ0) is 10.4. The molecule has 0 bridgehead atoms. The van der Waals surface area contributed by atoms with Crippen molar-refractivity contribution in [2.75, 3.05) is 27.2 Å². The summed E-state index contributed by atoms with van der Waals surface area (Å²) in [5.74, 6) is 2.58. The molecule has 0 aliphatic carbocycles. The third-order valence-electron chi connectivity index (χ3n) is 2.06. The van der Waals surface area contributed by atoms with Crippen LogP contribution in [0.5, 0.6) is 0 Å². The van der Waals surface area contributed by atoms with Gasteiger partial charge in [-0.25, -0.2) is 0 Å². The van der Waals surface area contributed by atoms with E-state index in [0.29, 0.717) is 12.6 Å². The minimum absolute atomic E-state index is 0.420. The van der Waals surface area contributed by atoms with E-state index in [1.165, 1.54) is 4.88 Å². The van der Waals surface area contributed by atoms with Crippen LogP contribution in [0.4, 0.5) is 0 Å². The molecule has 1 atom stereocenters. The minimum atomic E-state index is 0.420. The molecule has 1 unspecified atom stereocenters. The average molecular weight is 208 g/mol. The fraction of sp³-hybridized carbons (Fsp3) is 0.455. The summed E-state index contributed by atoms with van der Waals surface area (Å²) < 4.78 is 0. The number of nitrogens with zero attached hydrogens (tertiary/aromatic N) is 1. The first-order valence-corrected chi connectivity index (χ1v) is 5.47. The molecule has 14 heavy (non-hydrogen) atoms. The van der Waals surface area contributed by atoms with Crippen LogP contribution in [0.2, 0.25) is 0 Å². The van der Waals surface area contributed by atoms with E-state index < -0.39 is 0 Å². The lowest BCUT2D eigenvalue weighted by Gasteiger charge is -2.23. The van der Waals surface area contributed by atoms with E-state index in [-0.39, 0.29) is 0 Å². The van der Waals surface area contributed by atoms with Gasteiger partial charge in [0, 0.05) is 11.4 Å². The highest BCUT2D eigenvalue weighted by atomic mass is 32.1. The fourth-order valence-electron chi connectivity index (χ4n) is 1.30. The number of likely N-dealkylation sites (N-methyl/N-ethyl adjacent to an activating group) is 1. The summed E-state index contributed by atoms with van der Waals surface area (Å²) in [5.41, 5.74) is 0. The van der Waals surface area contributed by atoms with Gasteiger partial charge in [0.05, 0.1) is 12.6 Å². The maximum Gasteiger partial charge on any atom is 0.0574 e. The molecular weight excluding hydrogens is 192 g/mol. The molecule has 1 heterocycles. The van der Waals surface area contributed by atoms with Crippen molar-refractivity contribution in [3.8, 4) is 12.3 Å². The molecule has 0 saturated carbocycles. The predicted octanol–water partition coefficient (Wildman–Crippen LogP) is 1.57. The fourth-order valence-corrected chi connectivity index (χ4v) is 2.22. The molecule has 1 rings (SSSR count). The molecule has 2 nitrogen and oxygen atoms in total. The predicted molar refractivity (Wildman–Crippen MR) is 62.4 cm³/mol. The van der Waals surface area contributed by atoms with Gasteiger partial charge in [0.25, 0.3) is 0 Å². The number of rotatable bonds is 5. The minimum Gasteiger partial charge on any atom is -0.304 e. The lowest BCUT2D eigenvalue weighted by Crippen LogP contribution is -2.30. The van der Waals surface area contributed by atoms with Gasteiger partial charge in [-0.1, -0.05) is 12.0 Å². The first kappa shape index (κ1) is 11.3. The maximum atomic E-state index is 5.19. The lowest BCUT2D eigenvalue weighted by atomic mass is 10.2. The molecule has 0 saturated heterocycles. The number of hydrogen-bond acceptors (Lipinski definition) is 3. The number of hydrogen-bond donors (Lipinski definition) is 1. The van der Waals surface area contributed by atoms with E-state index in [1.807, 2.05) is 0 Å². The molecule has 1 aromatic heterocycles. The molecule has 0 aromatic carbocycles. The van der Waals surface area contributed by atoms with Gasteiger partial charge in [0.1, 0.15) is 0 Å². The van der Waals surface area contributed by atoms with Crippen molar-refractivity contribution >= 4 is 11.3 Å². The third-order valence-corrected chi connectivity index (χ3v) is 3.03. The normalized spacial score (nSPS) is 12.7. The first-order valence-electron chi connectivity index (χ1n) is 4.59. The molecule has 1 N–H and O–H groups in total. The Morgan fingerprint density at radius 2 is 2.43 bits per heavy atom. The maximum absolute atomic E-state index is 5.19. The van der Waals surface area contributed by atoms with Crippen LogP contribution < -0.4 is 5.32 Å². The summed E-state index contributed by atoms with van der Waals surface area (Å²) >= 11 is 1.78. The average Bonchev–Trinajstić information content (AvgIpc) is 2.64. The SMILES string of the molecule is C#CCNCC(c1cccs1)N(C)C. The van der Waals surface area contributed by atoms with Crippen LogP contribution in [-0.2, 0) is 0 Å². The van der Waals surface area contributed by atoms with Gasteiger partial charge in [-0.05, 0) is 25.5 Å². The van der Waals surface area contributed by atoms with Crippen LogP contribution in [0.1, 0.15) is 10.9 Å². The molecule has 0 aliphatic heterocycles. The van der Waals surface area contributed by atoms with Crippen LogP contribution in [-0.4, -0.2) is 32.1 Å². The van der Waals surface area contributed by atoms with Crippen molar-refractivity contribution in [1.29, 1.82) is 0 Å². The van der Waals surface area contributed by atoms with Crippen molar-refractivity contribution < 1.29 is 0 Å². The molecule has 0 spiro atoms. The van der Waals surface area contributed by atoms with Crippen LogP contribution in [0, 0.1) is 12.3 Å². The standard InChI is InChI=1S/C11H16N2S/c1-4-7-12-9-10(13(2)3)11-6-5-8-14-11/h1,5-6,8,10,12H,7,9H2,2-3H3. The van der Waals surface area contributed by atoms with Gasteiger partial charge in [-0.2, -0.15) is 0 Å². The van der Waals surface area contributed by atoms with Crippen molar-refractivity contribution in [2.45, 2.75) is 6.04 Å². The quantitative estimate of drug-likeness (QED) is 0.584. The Morgan fingerprint density at radius 3 is 2.93 bits per heavy atom. The van der Waals surface area contributed by atoms with E-state index in [0.717, 1.165) is 6.54 Å². The summed E-state index contributed by atoms with van der Waals surface area (Å²) in [7, 11) is 4.17. The van der Waals surface area contributed by atoms with E-state index in [9.17, 15) is 0 Å². The summed E-state index contributed by atoms with van der Waals surface area (Å²) in [6.07, 6.45) is 5.19. The van der Waals surface area contributed by atoms with E-state index in [2.05, 4.69) is 47.7 Å². The van der Waals surface area contributed by atoms with Gasteiger partial charge in [0.2, 0.25) is 0 Å². The number of thiophene rings is 1. The van der Waals surface area contributed by atoms with Crippen molar-refractivity contribution in [2.24, 2.45) is 0 Å². The van der Waals surface area contributed by atoms with Crippen LogP contribution in [0.25, 0.3) is 0 Å². The van der Waals surface area contributed by atoms with Gasteiger partial charge in [-0.3, -0.25) is 0 Å². The molecular formula is C11H16N2S. The Morgan fingerprint density at radius 1 is 1.64 bits per heavy atom. The van der Waals surface area contributed by atoms with Crippen LogP contribution >= 0.6 is 11.3 Å². The molecule has 0 amide bonds. The molecule has 0 fully saturated rings. The second-order valence-electron chi connectivity index (χ2n) is 3.33. The summed E-state index contributed by atoms with van der Waals surface area (Å²) in [4.78, 5) is 3.58. The second kappa shape index (κ2) is 5.82. The zero-order valence-electron chi connectivity index (χ0n) is 8.66. The summed E-state index contributed by atoms with van der Waals surface area (Å²) in [5, 5.41) is 5.34. The number of terminal acetylenes is 1. The smallest absolute Gasteiger partial charge is 0.0574 e. The molecule has 3 heteroatoms. The van der Waals surface area contributed by atoms with Crippen molar-refractivity contribution in [1.82, 2.24) is 10.2 Å². The Hall–Kier alpha value is -0.820. The lowest BCUT2D eigenvalue weighted by molar-refractivity contribution is 0.296. The monoisotopic (exact) mass is 208 g/mol. The third kappa shape index (κ3) is 3.15. The van der Waals surface area contributed by atoms with Crippen molar-refractivity contribution in [3.05, 3.63) is 22.4 Å². The molecule has 76 valence electrons. The number of nitrogens with one attached hydrogen (secondary N) is 1. The molecule has 1 aromatic rings. The Kier molecular flexibility index (Phi) is 4.68. The van der Waals surface area contributed by atoms with E-state index >= 15 is 0 Å². The highest BCUT2D eigenvalue weighted by Gasteiger charge is 2.13. The van der Waals surface area contributed by atoms with E-state index in [1.54, 1.807) is 11.3 Å². The van der Waals surface area contributed by atoms with Gasteiger partial charge in [0.15, 0.2) is 0 Å². The highest BCUT2D eigenvalue weighted by Crippen LogP contribution is 2.21. The Labute approximate surface area is 89.9 Å².